The Morgan fingerprint density at radius 1 is 1.62 bits per heavy atom. The average Bonchev–Trinajstić information content (AvgIpc) is 2.44. The number of likely N-dealkylation sites (N-methyl/N-ethyl adjacent to an activating group) is 1. The van der Waals surface area contributed by atoms with Crippen LogP contribution in [0, 0.1) is 13.8 Å². The molecular weight excluding hydrogens is 170 g/mol. The molecule has 0 aliphatic heterocycles. The largest absolute Gasteiger partial charge is 0.359 e. The van der Waals surface area contributed by atoms with Gasteiger partial charge in [-0.1, -0.05) is 5.16 Å². The Morgan fingerprint density at radius 3 is 2.62 bits per heavy atom. The molecule has 5 nitrogen and oxygen atoms in total. The molecule has 13 heavy (non-hydrogen) atoms. The van der Waals surface area contributed by atoms with Gasteiger partial charge in [0, 0.05) is 7.05 Å². The molecule has 0 bridgehead atoms. The van der Waals surface area contributed by atoms with Gasteiger partial charge in [-0.05, 0) is 13.8 Å². The predicted octanol–water partition coefficient (Wildman–Crippen LogP) is 0.213. The van der Waals surface area contributed by atoms with Crippen LogP contribution in [0.25, 0.3) is 0 Å². The molecule has 1 rings (SSSR count). The molecule has 1 amide bonds. The Balaban J connectivity index is 3.00. The van der Waals surface area contributed by atoms with Crippen LogP contribution in [0.5, 0.6) is 0 Å². The van der Waals surface area contributed by atoms with E-state index in [-0.39, 0.29) is 12.5 Å². The van der Waals surface area contributed by atoms with Crippen molar-refractivity contribution in [2.24, 2.45) is 5.73 Å². The minimum atomic E-state index is -0.158. The van der Waals surface area contributed by atoms with Gasteiger partial charge in [0.2, 0.25) is 5.91 Å². The molecule has 0 saturated carbocycles. The molecule has 2 N–H and O–H groups in total. The summed E-state index contributed by atoms with van der Waals surface area (Å²) >= 11 is 0. The number of hydrogen-bond acceptors (Lipinski definition) is 4. The molecule has 1 heterocycles. The second-order valence-corrected chi connectivity index (χ2v) is 2.83. The number of nitrogens with two attached hydrogens (primary N) is 1. The van der Waals surface area contributed by atoms with Gasteiger partial charge in [0.25, 0.3) is 0 Å². The summed E-state index contributed by atoms with van der Waals surface area (Å²) < 4.78 is 4.93. The zero-order valence-corrected chi connectivity index (χ0v) is 8.00. The molecular formula is C8H13N3O2. The van der Waals surface area contributed by atoms with Crippen molar-refractivity contribution in [2.45, 2.75) is 13.8 Å². The Hall–Kier alpha value is -1.36. The van der Waals surface area contributed by atoms with Gasteiger partial charge in [-0.2, -0.15) is 0 Å². The quantitative estimate of drug-likeness (QED) is 0.711. The van der Waals surface area contributed by atoms with Gasteiger partial charge in [-0.25, -0.2) is 0 Å². The lowest BCUT2D eigenvalue weighted by atomic mass is 10.3. The Labute approximate surface area is 76.5 Å². The molecule has 0 spiro atoms. The van der Waals surface area contributed by atoms with Crippen LogP contribution < -0.4 is 10.6 Å². The van der Waals surface area contributed by atoms with Crippen LogP contribution in [0.2, 0.25) is 0 Å². The third-order valence-corrected chi connectivity index (χ3v) is 1.88. The summed E-state index contributed by atoms with van der Waals surface area (Å²) in [5, 5.41) is 3.74. The van der Waals surface area contributed by atoms with Crippen LogP contribution in [0.4, 0.5) is 5.69 Å². The highest BCUT2D eigenvalue weighted by atomic mass is 16.5. The van der Waals surface area contributed by atoms with E-state index in [0.29, 0.717) is 17.1 Å². The highest BCUT2D eigenvalue weighted by Gasteiger charge is 2.17. The van der Waals surface area contributed by atoms with Crippen molar-refractivity contribution in [3.05, 3.63) is 11.5 Å². The molecule has 0 fully saturated rings. The van der Waals surface area contributed by atoms with E-state index in [0.717, 1.165) is 0 Å². The molecule has 72 valence electrons. The van der Waals surface area contributed by atoms with Crippen molar-refractivity contribution in [3.8, 4) is 0 Å². The Kier molecular flexibility index (Phi) is 2.67. The van der Waals surface area contributed by atoms with E-state index >= 15 is 0 Å². The minimum Gasteiger partial charge on any atom is -0.359 e. The van der Waals surface area contributed by atoms with Crippen LogP contribution in [-0.2, 0) is 4.79 Å². The van der Waals surface area contributed by atoms with Crippen molar-refractivity contribution in [1.29, 1.82) is 0 Å². The number of amides is 1. The smallest absolute Gasteiger partial charge is 0.240 e. The van der Waals surface area contributed by atoms with E-state index < -0.39 is 0 Å². The van der Waals surface area contributed by atoms with Crippen molar-refractivity contribution >= 4 is 11.6 Å². The van der Waals surface area contributed by atoms with Crippen LogP contribution in [0.3, 0.4) is 0 Å². The molecule has 0 atom stereocenters. The third-order valence-electron chi connectivity index (χ3n) is 1.88. The highest BCUT2D eigenvalue weighted by molar-refractivity contribution is 5.95. The predicted molar refractivity (Wildman–Crippen MR) is 48.4 cm³/mol. The first-order valence-electron chi connectivity index (χ1n) is 3.97. The lowest BCUT2D eigenvalue weighted by Crippen LogP contribution is -2.33. The monoisotopic (exact) mass is 183 g/mol. The number of aromatic nitrogens is 1. The normalized spacial score (nSPS) is 10.2. The number of aryl methyl sites for hydroxylation is 2. The van der Waals surface area contributed by atoms with Gasteiger partial charge in [0.1, 0.15) is 11.4 Å². The van der Waals surface area contributed by atoms with Crippen LogP contribution in [-0.4, -0.2) is 24.7 Å². The number of hydrogen-bond donors (Lipinski definition) is 1. The Bertz CT molecular complexity index is 300. The zero-order chi connectivity index (χ0) is 10.0. The standard InChI is InChI=1S/C8H13N3O2/c1-5-8(6(2)13-10-5)11(3)7(12)4-9/h4,9H2,1-3H3. The van der Waals surface area contributed by atoms with E-state index in [1.165, 1.54) is 4.90 Å². The molecule has 0 unspecified atom stereocenters. The second kappa shape index (κ2) is 3.57. The molecule has 1 aromatic heterocycles. The van der Waals surface area contributed by atoms with Gasteiger partial charge in [0.15, 0.2) is 5.76 Å². The second-order valence-electron chi connectivity index (χ2n) is 2.83. The molecule has 0 aliphatic carbocycles. The molecule has 0 saturated heterocycles. The van der Waals surface area contributed by atoms with Crippen molar-refractivity contribution in [3.63, 3.8) is 0 Å². The van der Waals surface area contributed by atoms with Crippen LogP contribution in [0.15, 0.2) is 4.52 Å². The maximum absolute atomic E-state index is 11.2. The molecule has 0 aromatic carbocycles. The summed E-state index contributed by atoms with van der Waals surface area (Å²) in [6.07, 6.45) is 0. The van der Waals surface area contributed by atoms with E-state index in [2.05, 4.69) is 5.16 Å². The molecule has 1 aromatic rings. The summed E-state index contributed by atoms with van der Waals surface area (Å²) in [5.41, 5.74) is 6.64. The summed E-state index contributed by atoms with van der Waals surface area (Å²) in [6, 6.07) is 0. The van der Waals surface area contributed by atoms with Gasteiger partial charge >= 0.3 is 0 Å². The van der Waals surface area contributed by atoms with Gasteiger partial charge in [-0.15, -0.1) is 0 Å². The summed E-state index contributed by atoms with van der Waals surface area (Å²) in [5.74, 6) is 0.469. The van der Waals surface area contributed by atoms with E-state index in [1.54, 1.807) is 20.9 Å². The van der Waals surface area contributed by atoms with Crippen LogP contribution >= 0.6 is 0 Å². The minimum absolute atomic E-state index is 0.0133. The fourth-order valence-corrected chi connectivity index (χ4v) is 1.22. The molecule has 0 radical (unpaired) electrons. The number of carbonyl (C=O) groups is 1. The SMILES string of the molecule is Cc1noc(C)c1N(C)C(=O)CN. The summed E-state index contributed by atoms with van der Waals surface area (Å²) in [6.45, 7) is 3.53. The topological polar surface area (TPSA) is 72.4 Å². The van der Waals surface area contributed by atoms with Gasteiger partial charge in [0.05, 0.1) is 6.54 Å². The number of anilines is 1. The summed E-state index contributed by atoms with van der Waals surface area (Å²) in [4.78, 5) is 12.7. The molecule has 0 aliphatic rings. The maximum atomic E-state index is 11.2. The first kappa shape index (κ1) is 9.73. The number of rotatable bonds is 2. The summed E-state index contributed by atoms with van der Waals surface area (Å²) in [7, 11) is 1.65. The molecule has 5 heteroatoms. The van der Waals surface area contributed by atoms with Gasteiger partial charge < -0.3 is 15.2 Å². The van der Waals surface area contributed by atoms with Crippen molar-refractivity contribution < 1.29 is 9.32 Å². The lowest BCUT2D eigenvalue weighted by Gasteiger charge is -2.14. The Morgan fingerprint density at radius 2 is 2.23 bits per heavy atom. The first-order valence-corrected chi connectivity index (χ1v) is 3.97. The van der Waals surface area contributed by atoms with Crippen molar-refractivity contribution in [2.75, 3.05) is 18.5 Å². The maximum Gasteiger partial charge on any atom is 0.240 e. The number of nitrogens with zero attached hydrogens (tertiary/aromatic N) is 2. The zero-order valence-electron chi connectivity index (χ0n) is 8.00. The number of carbonyl (C=O) groups excluding carboxylic acids is 1. The van der Waals surface area contributed by atoms with Crippen molar-refractivity contribution in [1.82, 2.24) is 5.16 Å². The first-order chi connectivity index (χ1) is 6.07. The fraction of sp³-hybridized carbons (Fsp3) is 0.500. The van der Waals surface area contributed by atoms with E-state index in [9.17, 15) is 4.79 Å². The lowest BCUT2D eigenvalue weighted by molar-refractivity contribution is -0.117. The average molecular weight is 183 g/mol. The van der Waals surface area contributed by atoms with E-state index in [4.69, 9.17) is 10.3 Å². The fourth-order valence-electron chi connectivity index (χ4n) is 1.22. The van der Waals surface area contributed by atoms with Gasteiger partial charge in [-0.3, -0.25) is 4.79 Å². The van der Waals surface area contributed by atoms with Crippen LogP contribution in [0.1, 0.15) is 11.5 Å². The highest BCUT2D eigenvalue weighted by Crippen LogP contribution is 2.22. The van der Waals surface area contributed by atoms with E-state index in [1.807, 2.05) is 0 Å². The third kappa shape index (κ3) is 1.70.